The number of hydrogen-bond donors (Lipinski definition) is 1. The minimum Gasteiger partial charge on any atom is -0.476 e. The van der Waals surface area contributed by atoms with Gasteiger partial charge in [0.15, 0.2) is 12.6 Å². The van der Waals surface area contributed by atoms with Gasteiger partial charge in [0.2, 0.25) is 0 Å². The van der Waals surface area contributed by atoms with Crippen molar-refractivity contribution >= 4 is 43.5 Å². The Labute approximate surface area is 660 Å². The fourth-order valence-electron chi connectivity index (χ4n) is 17.8. The number of methoxy groups -OCH3 is 2. The Kier molecular flexibility index (Phi) is 56.7. The minimum absolute atomic E-state index is 0. The Balaban J connectivity index is 0. The quantitative estimate of drug-likeness (QED) is 0.0123. The summed E-state index contributed by atoms with van der Waals surface area (Å²) < 4.78 is 32.4. The van der Waals surface area contributed by atoms with E-state index in [1.165, 1.54) is 49.7 Å². The van der Waals surface area contributed by atoms with E-state index in [0.29, 0.717) is 101 Å². The molecule has 5 rings (SSSR count). The zero-order valence-electron chi connectivity index (χ0n) is 70.7. The normalized spacial score (nSPS) is 27.5. The maximum Gasteiger partial charge on any atom is 0.187 e. The molecule has 0 radical (unpaired) electrons. The zero-order valence-corrected chi connectivity index (χ0v) is 81.5. The van der Waals surface area contributed by atoms with Gasteiger partial charge in [-0.2, -0.15) is 0 Å². The van der Waals surface area contributed by atoms with Crippen LogP contribution in [0.4, 0.5) is 0 Å². The molecule has 0 aromatic carbocycles. The van der Waals surface area contributed by atoms with E-state index >= 15 is 0 Å². The summed E-state index contributed by atoms with van der Waals surface area (Å²) in [7, 11) is 3.19. The SMILES string of the molecule is C=CCC(C)C[C@H]1C(C)=CC[C@H](C(C)C)[C@H]1CC=O.C=CCC(C)C[C@H]1C(C)=CC[C@H](C(C)C)[C@H]1C[C@@H]1OC(C)(C)O[C@H]1C=C.C=CCC(C)C[C@H]1C(C)=CC[C@H](C(C)C)[C@H]1C[C@H](O)[C@H](C=C)OCOC.C=C[CH-][C@@H](C)C[C@@H]1[C@@H](C(C)C)CC=C(C)[C@@H]1CC(C)CC=C.CC/C=C\OCOC.II.[Rf]. The largest absolute Gasteiger partial charge is 0.476 e. The summed E-state index contributed by atoms with van der Waals surface area (Å²) in [6.45, 7) is 73.5. The molecule has 104 heavy (non-hydrogen) atoms. The van der Waals surface area contributed by atoms with Crippen LogP contribution in [-0.2, 0) is 33.2 Å². The molecule has 21 atom stereocenters. The van der Waals surface area contributed by atoms with E-state index in [4.69, 9.17) is 23.7 Å². The van der Waals surface area contributed by atoms with Crippen molar-refractivity contribution in [2.75, 3.05) is 27.8 Å². The van der Waals surface area contributed by atoms with Crippen LogP contribution in [0.15, 0.2) is 148 Å². The minimum atomic E-state index is -0.558. The molecule has 1 fully saturated rings. The van der Waals surface area contributed by atoms with E-state index in [2.05, 4.69) is 249 Å². The monoisotopic (exact) mass is 1930 g/mol. The molecular weight excluding hydrogens is 1770 g/mol. The van der Waals surface area contributed by atoms with Gasteiger partial charge in [0.25, 0.3) is 0 Å². The maximum absolute atomic E-state index is 11.1. The van der Waals surface area contributed by atoms with Crippen molar-refractivity contribution in [3.8, 4) is 0 Å². The molecule has 0 amide bonds. The third-order valence-corrected chi connectivity index (χ3v) is 23.3. The summed E-state index contributed by atoms with van der Waals surface area (Å²) in [5.74, 6) is 13.2. The van der Waals surface area contributed by atoms with Crippen molar-refractivity contribution < 1.29 is 38.3 Å². The van der Waals surface area contributed by atoms with Crippen LogP contribution >= 0.6 is 37.2 Å². The summed E-state index contributed by atoms with van der Waals surface area (Å²) in [4.78, 5) is 11.1. The van der Waals surface area contributed by atoms with Gasteiger partial charge < -0.3 is 38.3 Å². The average Bonchev–Trinajstić information content (AvgIpc) is 1.11. The van der Waals surface area contributed by atoms with Gasteiger partial charge in [0.05, 0.1) is 18.5 Å². The van der Waals surface area contributed by atoms with E-state index in [1.807, 2.05) is 51.2 Å². The molecule has 4 aliphatic carbocycles. The predicted molar refractivity (Wildman–Crippen MR) is 465 cm³/mol. The number of hydrogen-bond acceptors (Lipinski definition) is 8. The Morgan fingerprint density at radius 1 is 0.558 bits per heavy atom. The van der Waals surface area contributed by atoms with Gasteiger partial charge in [0, 0.05) is 57.9 Å². The molecule has 8 nitrogen and oxygen atoms in total. The number of carbonyl (C=O) groups is 1. The van der Waals surface area contributed by atoms with Crippen LogP contribution < -0.4 is 0 Å². The molecule has 0 aromatic heterocycles. The Hall–Kier alpha value is -3.56. The van der Waals surface area contributed by atoms with Crippen LogP contribution in [0.5, 0.6) is 0 Å². The molecule has 1 N–H and O–H groups in total. The molecule has 1 heterocycles. The molecule has 11 heteroatoms. The molecule has 1 saturated heterocycles. The van der Waals surface area contributed by atoms with Crippen LogP contribution in [0.2, 0.25) is 0 Å². The fourth-order valence-corrected chi connectivity index (χ4v) is 17.8. The molecule has 0 spiro atoms. The van der Waals surface area contributed by atoms with E-state index in [9.17, 15) is 9.90 Å². The van der Waals surface area contributed by atoms with E-state index in [1.54, 1.807) is 37.7 Å². The van der Waals surface area contributed by atoms with Crippen molar-refractivity contribution in [2.24, 2.45) is 124 Å². The first-order valence-corrected chi connectivity index (χ1v) is 46.4. The number of rotatable bonds is 40. The molecule has 596 valence electrons. The molecule has 4 unspecified atom stereocenters. The van der Waals surface area contributed by atoms with Gasteiger partial charge in [-0.15, -0.1) is 39.5 Å². The summed E-state index contributed by atoms with van der Waals surface area (Å²) >= 11 is 4.24. The third kappa shape index (κ3) is 37.7. The van der Waals surface area contributed by atoms with Crippen LogP contribution in [0.3, 0.4) is 0 Å². The Morgan fingerprint density at radius 2 is 0.923 bits per heavy atom. The molecular formula is C93H159I2O8Rf-. The first-order valence-electron chi connectivity index (χ1n) is 40.1. The van der Waals surface area contributed by atoms with Gasteiger partial charge >= 0.3 is 0 Å². The first-order chi connectivity index (χ1) is 48.8. The van der Waals surface area contributed by atoms with Crippen LogP contribution in [0.1, 0.15) is 248 Å². The van der Waals surface area contributed by atoms with Gasteiger partial charge in [-0.25, -0.2) is 19.1 Å². The molecule has 0 aromatic rings. The molecule has 1 aliphatic heterocycles. The predicted octanol–water partition coefficient (Wildman–Crippen LogP) is 27.1. The molecule has 0 bridgehead atoms. The van der Waals surface area contributed by atoms with E-state index in [0.717, 1.165) is 107 Å². The van der Waals surface area contributed by atoms with Crippen LogP contribution in [0, 0.1) is 131 Å². The summed E-state index contributed by atoms with van der Waals surface area (Å²) in [6.07, 6.45) is 48.5. The smallest absolute Gasteiger partial charge is 0.187 e. The van der Waals surface area contributed by atoms with Crippen molar-refractivity contribution in [3.05, 3.63) is 154 Å². The van der Waals surface area contributed by atoms with Crippen molar-refractivity contribution in [3.63, 3.8) is 0 Å². The van der Waals surface area contributed by atoms with E-state index in [-0.39, 0.29) is 25.1 Å². The van der Waals surface area contributed by atoms with Crippen molar-refractivity contribution in [1.82, 2.24) is 0 Å². The van der Waals surface area contributed by atoms with Gasteiger partial charge in [-0.1, -0.05) is 192 Å². The topological polar surface area (TPSA) is 92.7 Å². The summed E-state index contributed by atoms with van der Waals surface area (Å²) in [5, 5.41) is 10.8. The van der Waals surface area contributed by atoms with Crippen molar-refractivity contribution in [2.45, 2.75) is 278 Å². The summed E-state index contributed by atoms with van der Waals surface area (Å²) in [6, 6.07) is 0. The van der Waals surface area contributed by atoms with Gasteiger partial charge in [-0.3, -0.25) is 0 Å². The number of carbonyl (C=O) groups excluding carboxylic acids is 1. The first kappa shape index (κ1) is 102. The number of halogens is 2. The standard InChI is InChI=1S/C24H40O2.C23H40O3.C22H37.C18H30O.C6H12O2.I2.Rf/c1-9-11-17(5)14-20-18(6)12-13-19(16(3)4)21(20)15-23-22(10-2)25-24(7,8)26-23;1-8-10-17(5)13-20-18(6)11-12-19(16(3)4)21(20)14-22(24)23(9-2)26-15-25-7;1-8-10-17(5)14-21-19(7)12-13-20(16(3)4)22(21)15-18(6)11-9-2;1-6-7-14(4)12-18-15(5)8-9-16(13(2)3)17(18)10-11-19;1-3-4-5-8-6-7-2;1-2;/h9-10,12,16-17,19-23H,1-2,11,13-15H2,3-8H3;8-9,11,16-17,19-24H,1-2,10,12-15H2,3-7H3;8-9,11-12,16-18,20-22H,1-2,10,13-15H2,3-7H3;6,8,11,13-14,16-18H,1,7,9-10,12H2,2-5H3;4-5H,3,6H2,1-2H3;;/q;;-1;;;;/b;;;;5-4-;;/t2*17?,19-,20+,21-,22+,23+;17?,18-,20-,21+,22-;14?,16-,17-,18+;;;/m1111.../s1. The zero-order chi connectivity index (χ0) is 78.5. The van der Waals surface area contributed by atoms with Crippen LogP contribution in [-0.4, -0.2) is 69.4 Å². The molecule has 0 saturated carbocycles. The van der Waals surface area contributed by atoms with E-state index < -0.39 is 11.9 Å². The van der Waals surface area contributed by atoms with Gasteiger partial charge in [0.1, 0.15) is 25.3 Å². The second-order valence-corrected chi connectivity index (χ2v) is 33.5. The number of allylic oxidation sites excluding steroid dienone is 14. The second kappa shape index (κ2) is 57.5. The van der Waals surface area contributed by atoms with Crippen molar-refractivity contribution in [1.29, 1.82) is 0 Å². The Bertz CT molecular complexity index is 2490. The number of aldehydes is 1. The number of ether oxygens (including phenoxy) is 6. The maximum atomic E-state index is 11.1. The Morgan fingerprint density at radius 3 is 1.26 bits per heavy atom. The number of aliphatic hydroxyl groups excluding tert-OH is 1. The summed E-state index contributed by atoms with van der Waals surface area (Å²) in [5.41, 5.74) is 6.17. The average molecular weight is 1930 g/mol. The second-order valence-electron chi connectivity index (χ2n) is 33.5. The van der Waals surface area contributed by atoms with Crippen LogP contribution in [0.25, 0.3) is 0 Å². The molecule has 5 aliphatic rings. The van der Waals surface area contributed by atoms with Gasteiger partial charge in [-0.05, 0) is 262 Å². The number of aliphatic hydroxyl groups is 1. The fraction of sp³-hybridized carbons (Fsp3) is 0.720. The third-order valence-electron chi connectivity index (χ3n) is 23.3.